The quantitative estimate of drug-likeness (QED) is 0.735. The van der Waals surface area contributed by atoms with Crippen LogP contribution in [0.15, 0.2) is 53.4 Å². The molecule has 3 rings (SSSR count). The van der Waals surface area contributed by atoms with Gasteiger partial charge in [0.05, 0.1) is 27.2 Å². The molecule has 0 aliphatic heterocycles. The molecule has 2 N–H and O–H groups in total. The van der Waals surface area contributed by atoms with Crippen LogP contribution in [0.2, 0.25) is 5.02 Å². The monoisotopic (exact) mass is 413 g/mol. The maximum Gasteiger partial charge on any atom is 0.182 e. The molecular formula is C18H17ClFNO3S2. The van der Waals surface area contributed by atoms with Crippen molar-refractivity contribution in [2.75, 3.05) is 13.7 Å². The summed E-state index contributed by atoms with van der Waals surface area (Å²) in [4.78, 5) is 0.152. The van der Waals surface area contributed by atoms with Crippen LogP contribution in [-0.4, -0.2) is 32.4 Å². The molecular weight excluding hydrogens is 397 g/mol. The number of benzene rings is 2. The minimum absolute atomic E-state index is 0.0288. The zero-order valence-electron chi connectivity index (χ0n) is 13.9. The molecule has 2 aromatic rings. The van der Waals surface area contributed by atoms with Gasteiger partial charge < -0.3 is 10.5 Å². The van der Waals surface area contributed by atoms with Gasteiger partial charge in [-0.15, -0.1) is 0 Å². The predicted octanol–water partition coefficient (Wildman–Crippen LogP) is 3.34. The summed E-state index contributed by atoms with van der Waals surface area (Å²) >= 11 is 11.1. The van der Waals surface area contributed by atoms with E-state index in [1.165, 1.54) is 49.6 Å². The molecule has 0 bridgehead atoms. The Balaban J connectivity index is 2.13. The van der Waals surface area contributed by atoms with Crippen LogP contribution in [0.1, 0.15) is 11.5 Å². The number of ether oxygens (including phenoxy) is 1. The minimum Gasteiger partial charge on any atom is -0.393 e. The van der Waals surface area contributed by atoms with Crippen LogP contribution in [0.3, 0.4) is 0 Å². The van der Waals surface area contributed by atoms with Gasteiger partial charge in [-0.2, -0.15) is 0 Å². The summed E-state index contributed by atoms with van der Waals surface area (Å²) in [7, 11) is -2.34. The van der Waals surface area contributed by atoms with Crippen molar-refractivity contribution in [1.82, 2.24) is 0 Å². The number of nitrogens with two attached hydrogens (primary N) is 1. The zero-order chi connectivity index (χ0) is 19.1. The fourth-order valence-electron chi connectivity index (χ4n) is 3.58. The SMILES string of the molecule is COC[C@]1(C(N)=S)[C@@H](c2cccc(F)c2)[C@@H]1S(=O)(=O)c1ccc(Cl)cc1. The Kier molecular flexibility index (Phi) is 5.09. The Hall–Kier alpha value is -1.54. The second-order valence-electron chi connectivity index (χ2n) is 6.29. The van der Waals surface area contributed by atoms with Crippen LogP contribution in [0.25, 0.3) is 0 Å². The summed E-state index contributed by atoms with van der Waals surface area (Å²) in [6.07, 6.45) is 0. The molecule has 0 unspecified atom stereocenters. The second-order valence-corrected chi connectivity index (χ2v) is 9.24. The number of thiocarbonyl (C=S) groups is 1. The van der Waals surface area contributed by atoms with Crippen LogP contribution in [0, 0.1) is 11.2 Å². The van der Waals surface area contributed by atoms with E-state index in [0.717, 1.165) is 0 Å². The molecule has 1 aliphatic carbocycles. The zero-order valence-corrected chi connectivity index (χ0v) is 16.2. The standard InChI is InChI=1S/C18H17ClFNO3S2/c1-24-10-18(17(21)25)15(11-3-2-4-13(20)9-11)16(18)26(22,23)14-7-5-12(19)6-8-14/h2-9,15-16H,10H2,1H3,(H2,21,25)/t15-,16-,18-/m0/s1. The maximum atomic E-state index is 13.7. The lowest BCUT2D eigenvalue weighted by atomic mass is 10.00. The lowest BCUT2D eigenvalue weighted by molar-refractivity contribution is 0.166. The summed E-state index contributed by atoms with van der Waals surface area (Å²) in [5.41, 5.74) is 5.38. The van der Waals surface area contributed by atoms with Gasteiger partial charge in [0.2, 0.25) is 0 Å². The molecule has 4 nitrogen and oxygen atoms in total. The molecule has 1 aliphatic rings. The third kappa shape index (κ3) is 3.03. The van der Waals surface area contributed by atoms with Crippen molar-refractivity contribution in [2.45, 2.75) is 16.1 Å². The van der Waals surface area contributed by atoms with E-state index in [4.69, 9.17) is 34.3 Å². The van der Waals surface area contributed by atoms with Crippen LogP contribution in [0.5, 0.6) is 0 Å². The van der Waals surface area contributed by atoms with Crippen molar-refractivity contribution in [1.29, 1.82) is 0 Å². The van der Waals surface area contributed by atoms with Gasteiger partial charge in [-0.25, -0.2) is 12.8 Å². The minimum atomic E-state index is -3.80. The third-order valence-electron chi connectivity index (χ3n) is 4.78. The van der Waals surface area contributed by atoms with E-state index in [-0.39, 0.29) is 16.5 Å². The Bertz CT molecular complexity index is 949. The summed E-state index contributed by atoms with van der Waals surface area (Å²) in [5, 5.41) is -0.505. The van der Waals surface area contributed by atoms with Gasteiger partial charge >= 0.3 is 0 Å². The van der Waals surface area contributed by atoms with E-state index < -0.39 is 32.2 Å². The summed E-state index contributed by atoms with van der Waals surface area (Å²) in [6, 6.07) is 11.7. The number of hydrogen-bond acceptors (Lipinski definition) is 4. The number of rotatable bonds is 6. The summed E-state index contributed by atoms with van der Waals surface area (Å²) in [6.45, 7) is 0.0288. The molecule has 26 heavy (non-hydrogen) atoms. The van der Waals surface area contributed by atoms with Crippen molar-refractivity contribution in [3.8, 4) is 0 Å². The fourth-order valence-corrected chi connectivity index (χ4v) is 6.48. The first-order valence-corrected chi connectivity index (χ1v) is 10.1. The normalized spacial score (nSPS) is 25.0. The number of sulfone groups is 1. The van der Waals surface area contributed by atoms with Gasteiger partial charge in [0.15, 0.2) is 9.84 Å². The van der Waals surface area contributed by atoms with Crippen molar-refractivity contribution in [2.24, 2.45) is 11.1 Å². The molecule has 138 valence electrons. The van der Waals surface area contributed by atoms with Crippen LogP contribution < -0.4 is 5.73 Å². The van der Waals surface area contributed by atoms with Gasteiger partial charge in [0.25, 0.3) is 0 Å². The first-order valence-electron chi connectivity index (χ1n) is 7.79. The molecule has 8 heteroatoms. The van der Waals surface area contributed by atoms with E-state index in [2.05, 4.69) is 0 Å². The van der Waals surface area contributed by atoms with Crippen LogP contribution in [0.4, 0.5) is 4.39 Å². The van der Waals surface area contributed by atoms with Gasteiger partial charge in [-0.05, 0) is 42.0 Å². The average Bonchev–Trinajstić information content (AvgIpc) is 3.27. The highest BCUT2D eigenvalue weighted by atomic mass is 35.5. The second kappa shape index (κ2) is 6.88. The summed E-state index contributed by atoms with van der Waals surface area (Å²) < 4.78 is 45.5. The average molecular weight is 414 g/mol. The van der Waals surface area contributed by atoms with E-state index in [1.54, 1.807) is 6.07 Å². The first kappa shape index (κ1) is 19.2. The number of hydrogen-bond donors (Lipinski definition) is 1. The highest BCUT2D eigenvalue weighted by Crippen LogP contribution is 2.64. The lowest BCUT2D eigenvalue weighted by Gasteiger charge is -2.16. The Morgan fingerprint density at radius 2 is 1.96 bits per heavy atom. The molecule has 0 heterocycles. The predicted molar refractivity (Wildman–Crippen MR) is 103 cm³/mol. The first-order chi connectivity index (χ1) is 12.2. The van der Waals surface area contributed by atoms with E-state index >= 15 is 0 Å². The van der Waals surface area contributed by atoms with Crippen LogP contribution in [-0.2, 0) is 14.6 Å². The molecule has 0 aromatic heterocycles. The number of halogens is 2. The van der Waals surface area contributed by atoms with Crippen molar-refractivity contribution in [3.63, 3.8) is 0 Å². The lowest BCUT2D eigenvalue weighted by Crippen LogP contribution is -2.33. The molecule has 0 spiro atoms. The smallest absolute Gasteiger partial charge is 0.182 e. The molecule has 0 radical (unpaired) electrons. The topological polar surface area (TPSA) is 69.4 Å². The van der Waals surface area contributed by atoms with Crippen molar-refractivity contribution < 1.29 is 17.5 Å². The third-order valence-corrected chi connectivity index (χ3v) is 7.71. The largest absolute Gasteiger partial charge is 0.393 e. The highest BCUT2D eigenvalue weighted by Gasteiger charge is 2.73. The highest BCUT2D eigenvalue weighted by molar-refractivity contribution is 7.92. The van der Waals surface area contributed by atoms with Crippen molar-refractivity contribution in [3.05, 3.63) is 64.9 Å². The molecule has 1 saturated carbocycles. The van der Waals surface area contributed by atoms with Gasteiger partial charge in [-0.3, -0.25) is 0 Å². The van der Waals surface area contributed by atoms with Gasteiger partial charge in [-0.1, -0.05) is 36.0 Å². The Morgan fingerprint density at radius 3 is 2.50 bits per heavy atom. The van der Waals surface area contributed by atoms with E-state index in [0.29, 0.717) is 10.6 Å². The molecule has 1 fully saturated rings. The van der Waals surface area contributed by atoms with Gasteiger partial charge in [0.1, 0.15) is 5.82 Å². The Morgan fingerprint density at radius 1 is 1.31 bits per heavy atom. The molecule has 3 atom stereocenters. The summed E-state index contributed by atoms with van der Waals surface area (Å²) in [5.74, 6) is -1.04. The molecule has 2 aromatic carbocycles. The molecule has 0 amide bonds. The Labute approximate surface area is 162 Å². The van der Waals surface area contributed by atoms with Crippen LogP contribution >= 0.6 is 23.8 Å². The number of methoxy groups -OCH3 is 1. The molecule has 0 saturated heterocycles. The van der Waals surface area contributed by atoms with E-state index in [1.807, 2.05) is 0 Å². The van der Waals surface area contributed by atoms with Gasteiger partial charge in [0, 0.05) is 18.1 Å². The van der Waals surface area contributed by atoms with E-state index in [9.17, 15) is 12.8 Å². The van der Waals surface area contributed by atoms with Crippen molar-refractivity contribution >= 4 is 38.6 Å². The fraction of sp³-hybridized carbons (Fsp3) is 0.278. The maximum absolute atomic E-state index is 13.7.